The van der Waals surface area contributed by atoms with E-state index < -0.39 is 11.7 Å². The Kier molecular flexibility index (Phi) is 6.64. The molecule has 1 saturated heterocycles. The molecule has 2 aromatic rings. The molecule has 0 amide bonds. The number of hydrogen-bond acceptors (Lipinski definition) is 4. The molecule has 27 heavy (non-hydrogen) atoms. The molecule has 2 N–H and O–H groups in total. The van der Waals surface area contributed by atoms with Gasteiger partial charge >= 0.3 is 0 Å². The van der Waals surface area contributed by atoms with Crippen molar-refractivity contribution < 1.29 is 10.2 Å². The number of aromatic nitrogens is 1. The summed E-state index contributed by atoms with van der Waals surface area (Å²) in [6.07, 6.45) is 4.98. The Morgan fingerprint density at radius 3 is 2.33 bits per heavy atom. The maximum Gasteiger partial charge on any atom is 0.0988 e. The van der Waals surface area contributed by atoms with Gasteiger partial charge in [0.05, 0.1) is 17.4 Å². The monoisotopic (exact) mass is 368 g/mol. The highest BCUT2D eigenvalue weighted by atomic mass is 16.3. The number of rotatable bonds is 7. The quantitative estimate of drug-likeness (QED) is 0.782. The zero-order valence-electron chi connectivity index (χ0n) is 16.5. The summed E-state index contributed by atoms with van der Waals surface area (Å²) < 4.78 is 0. The Morgan fingerprint density at radius 2 is 1.74 bits per heavy atom. The summed E-state index contributed by atoms with van der Waals surface area (Å²) >= 11 is 0. The first-order valence-electron chi connectivity index (χ1n) is 10.0. The van der Waals surface area contributed by atoms with Gasteiger partial charge in [-0.2, -0.15) is 0 Å². The van der Waals surface area contributed by atoms with Crippen LogP contribution in [0, 0.1) is 5.92 Å². The molecule has 3 rings (SSSR count). The summed E-state index contributed by atoms with van der Waals surface area (Å²) in [7, 11) is 0. The van der Waals surface area contributed by atoms with E-state index >= 15 is 0 Å². The van der Waals surface area contributed by atoms with Gasteiger partial charge in [-0.1, -0.05) is 30.3 Å². The molecule has 0 unspecified atom stereocenters. The zero-order valence-corrected chi connectivity index (χ0v) is 16.5. The second-order valence-electron chi connectivity index (χ2n) is 8.44. The van der Waals surface area contributed by atoms with Gasteiger partial charge in [0, 0.05) is 12.7 Å². The van der Waals surface area contributed by atoms with Crippen LogP contribution < -0.4 is 0 Å². The van der Waals surface area contributed by atoms with Crippen LogP contribution in [0.25, 0.3) is 0 Å². The minimum Gasteiger partial charge on any atom is -0.390 e. The van der Waals surface area contributed by atoms with Gasteiger partial charge in [0.1, 0.15) is 0 Å². The molecule has 4 nitrogen and oxygen atoms in total. The Labute approximate surface area is 162 Å². The lowest BCUT2D eigenvalue weighted by molar-refractivity contribution is 0.0540. The molecular formula is C23H32N2O2. The van der Waals surface area contributed by atoms with Crippen molar-refractivity contribution in [2.45, 2.75) is 57.8 Å². The van der Waals surface area contributed by atoms with E-state index in [4.69, 9.17) is 0 Å². The average Bonchev–Trinajstić information content (AvgIpc) is 2.68. The van der Waals surface area contributed by atoms with Gasteiger partial charge in [0.15, 0.2) is 0 Å². The fraction of sp³-hybridized carbons (Fsp3) is 0.522. The molecule has 1 fully saturated rings. The van der Waals surface area contributed by atoms with Crippen molar-refractivity contribution in [3.8, 4) is 0 Å². The number of pyridine rings is 1. The van der Waals surface area contributed by atoms with Crippen LogP contribution in [0.3, 0.4) is 0 Å². The van der Waals surface area contributed by atoms with E-state index in [2.05, 4.69) is 34.1 Å². The minimum absolute atomic E-state index is 0.292. The molecule has 1 aliphatic heterocycles. The molecule has 4 heteroatoms. The topological polar surface area (TPSA) is 56.6 Å². The zero-order chi connectivity index (χ0) is 19.3. The fourth-order valence-corrected chi connectivity index (χ4v) is 3.74. The first-order valence-corrected chi connectivity index (χ1v) is 10.0. The number of aryl methyl sites for hydroxylation is 1. The lowest BCUT2D eigenvalue weighted by Gasteiger charge is -2.34. The number of aliphatic hydroxyl groups excluding tert-OH is 1. The third-order valence-electron chi connectivity index (χ3n) is 5.52. The van der Waals surface area contributed by atoms with Crippen LogP contribution in [0.2, 0.25) is 0 Å². The SMILES string of the molecule is CC(C)(O)CCc1ccc(CN2CCC([C@@H](O)c3ccccn3)CC2)cc1. The van der Waals surface area contributed by atoms with Crippen LogP contribution in [0.1, 0.15) is 56.0 Å². The van der Waals surface area contributed by atoms with Gasteiger partial charge in [-0.25, -0.2) is 0 Å². The van der Waals surface area contributed by atoms with E-state index in [9.17, 15) is 10.2 Å². The third kappa shape index (κ3) is 6.13. The highest BCUT2D eigenvalue weighted by Gasteiger charge is 2.26. The second kappa shape index (κ2) is 8.96. The fourth-order valence-electron chi connectivity index (χ4n) is 3.74. The lowest BCUT2D eigenvalue weighted by Crippen LogP contribution is -2.35. The molecule has 0 bridgehead atoms. The summed E-state index contributed by atoms with van der Waals surface area (Å²) in [6, 6.07) is 14.5. The van der Waals surface area contributed by atoms with Crippen LogP contribution >= 0.6 is 0 Å². The van der Waals surface area contributed by atoms with E-state index in [1.54, 1.807) is 6.20 Å². The molecule has 1 aliphatic rings. The minimum atomic E-state index is -0.608. The Morgan fingerprint density at radius 1 is 1.07 bits per heavy atom. The number of nitrogens with zero attached hydrogens (tertiary/aromatic N) is 2. The van der Waals surface area contributed by atoms with Gasteiger partial charge in [-0.05, 0) is 81.8 Å². The first kappa shape index (κ1) is 20.0. The van der Waals surface area contributed by atoms with Crippen LogP contribution in [0.4, 0.5) is 0 Å². The van der Waals surface area contributed by atoms with Gasteiger partial charge in [0.25, 0.3) is 0 Å². The van der Waals surface area contributed by atoms with Crippen LogP contribution in [-0.2, 0) is 13.0 Å². The molecule has 146 valence electrons. The van der Waals surface area contributed by atoms with Crippen LogP contribution in [-0.4, -0.2) is 38.8 Å². The van der Waals surface area contributed by atoms with E-state index in [0.29, 0.717) is 5.92 Å². The van der Waals surface area contributed by atoms with E-state index in [1.165, 1.54) is 11.1 Å². The maximum absolute atomic E-state index is 10.6. The Balaban J connectivity index is 1.46. The number of piperidine rings is 1. The summed E-state index contributed by atoms with van der Waals surface area (Å²) in [4.78, 5) is 6.77. The standard InChI is InChI=1S/C23H32N2O2/c1-23(2,27)13-10-18-6-8-19(9-7-18)17-25-15-11-20(12-16-25)22(26)21-5-3-4-14-24-21/h3-9,14,20,22,26-27H,10-13,15-17H2,1-2H3/t22-/m1/s1. The smallest absolute Gasteiger partial charge is 0.0988 e. The molecule has 2 heterocycles. The van der Waals surface area contributed by atoms with E-state index in [-0.39, 0.29) is 0 Å². The molecule has 1 aromatic carbocycles. The predicted octanol–water partition coefficient (Wildman–Crippen LogP) is 3.73. The van der Waals surface area contributed by atoms with Gasteiger partial charge in [-0.15, -0.1) is 0 Å². The summed E-state index contributed by atoms with van der Waals surface area (Å²) in [6.45, 7) is 6.69. The molecule has 0 radical (unpaired) electrons. The Hall–Kier alpha value is -1.75. The molecule has 1 aromatic heterocycles. The van der Waals surface area contributed by atoms with Crippen molar-refractivity contribution in [2.75, 3.05) is 13.1 Å². The molecule has 0 saturated carbocycles. The maximum atomic E-state index is 10.6. The third-order valence-corrected chi connectivity index (χ3v) is 5.52. The molecule has 0 spiro atoms. The average molecular weight is 369 g/mol. The van der Waals surface area contributed by atoms with Crippen LogP contribution in [0.15, 0.2) is 48.7 Å². The van der Waals surface area contributed by atoms with Gasteiger partial charge < -0.3 is 10.2 Å². The molecule has 0 aliphatic carbocycles. The summed E-state index contributed by atoms with van der Waals surface area (Å²) in [5.41, 5.74) is 2.78. The summed E-state index contributed by atoms with van der Waals surface area (Å²) in [5, 5.41) is 20.4. The normalized spacial score (nSPS) is 17.8. The van der Waals surface area contributed by atoms with Crippen molar-refractivity contribution in [3.63, 3.8) is 0 Å². The highest BCUT2D eigenvalue weighted by Crippen LogP contribution is 2.30. The molecular weight excluding hydrogens is 336 g/mol. The summed E-state index contributed by atoms with van der Waals surface area (Å²) in [5.74, 6) is 0.292. The van der Waals surface area contributed by atoms with Crippen LogP contribution in [0.5, 0.6) is 0 Å². The van der Waals surface area contributed by atoms with Crippen molar-refractivity contribution in [3.05, 3.63) is 65.5 Å². The second-order valence-corrected chi connectivity index (χ2v) is 8.44. The number of hydrogen-bond donors (Lipinski definition) is 2. The van der Waals surface area contributed by atoms with Crippen molar-refractivity contribution in [1.82, 2.24) is 9.88 Å². The van der Waals surface area contributed by atoms with Crippen molar-refractivity contribution >= 4 is 0 Å². The lowest BCUT2D eigenvalue weighted by atomic mass is 9.89. The number of likely N-dealkylation sites (tertiary alicyclic amines) is 1. The largest absolute Gasteiger partial charge is 0.390 e. The van der Waals surface area contributed by atoms with Crippen molar-refractivity contribution in [2.24, 2.45) is 5.92 Å². The highest BCUT2D eigenvalue weighted by molar-refractivity contribution is 5.23. The number of aliphatic hydroxyl groups is 2. The van der Waals surface area contributed by atoms with E-state index in [0.717, 1.165) is 51.0 Å². The van der Waals surface area contributed by atoms with Gasteiger partial charge in [0.2, 0.25) is 0 Å². The van der Waals surface area contributed by atoms with Crippen molar-refractivity contribution in [1.29, 1.82) is 0 Å². The predicted molar refractivity (Wildman–Crippen MR) is 108 cm³/mol. The first-order chi connectivity index (χ1) is 12.9. The van der Waals surface area contributed by atoms with Gasteiger partial charge in [-0.3, -0.25) is 9.88 Å². The Bertz CT molecular complexity index is 687. The number of benzene rings is 1. The molecule has 1 atom stereocenters. The van der Waals surface area contributed by atoms with E-state index in [1.807, 2.05) is 32.0 Å².